The third-order valence-electron chi connectivity index (χ3n) is 3.00. The smallest absolute Gasteiger partial charge is 0.226 e. The molecule has 116 valence electrons. The van der Waals surface area contributed by atoms with Crippen molar-refractivity contribution in [3.05, 3.63) is 28.2 Å². The van der Waals surface area contributed by atoms with E-state index in [2.05, 4.69) is 36.9 Å². The maximum Gasteiger partial charge on any atom is 0.226 e. The van der Waals surface area contributed by atoms with E-state index in [1.807, 2.05) is 25.1 Å². The third kappa shape index (κ3) is 6.21. The highest BCUT2D eigenvalue weighted by Crippen LogP contribution is 2.19. The highest BCUT2D eigenvalue weighted by atomic mass is 127. The van der Waals surface area contributed by atoms with Crippen LogP contribution in [0.25, 0.3) is 0 Å². The van der Waals surface area contributed by atoms with E-state index >= 15 is 0 Å². The molecular formula is C14H20BrIN4O. The molecule has 3 N–H and O–H groups in total. The van der Waals surface area contributed by atoms with Crippen LogP contribution < -0.4 is 16.0 Å². The lowest BCUT2D eigenvalue weighted by Crippen LogP contribution is -2.41. The maximum absolute atomic E-state index is 11.9. The van der Waals surface area contributed by atoms with Crippen LogP contribution in [-0.4, -0.2) is 31.5 Å². The largest absolute Gasteiger partial charge is 0.356 e. The van der Waals surface area contributed by atoms with E-state index in [1.54, 1.807) is 0 Å². The molecule has 0 atom stereocenters. The van der Waals surface area contributed by atoms with E-state index in [0.29, 0.717) is 13.0 Å². The number of benzene rings is 1. The van der Waals surface area contributed by atoms with E-state index in [0.717, 1.165) is 41.2 Å². The number of amides is 1. The van der Waals surface area contributed by atoms with E-state index in [1.165, 1.54) is 0 Å². The highest BCUT2D eigenvalue weighted by molar-refractivity contribution is 14.0. The van der Waals surface area contributed by atoms with Gasteiger partial charge >= 0.3 is 0 Å². The Morgan fingerprint density at radius 3 is 2.95 bits per heavy atom. The quantitative estimate of drug-likeness (QED) is 0.597. The van der Waals surface area contributed by atoms with Gasteiger partial charge in [-0.25, -0.2) is 0 Å². The maximum atomic E-state index is 11.9. The van der Waals surface area contributed by atoms with Crippen LogP contribution >= 0.6 is 39.9 Å². The lowest BCUT2D eigenvalue weighted by atomic mass is 10.2. The molecule has 0 spiro atoms. The second kappa shape index (κ2) is 9.24. The molecule has 0 fully saturated rings. The first-order valence-electron chi connectivity index (χ1n) is 6.73. The lowest BCUT2D eigenvalue weighted by Gasteiger charge is -2.16. The van der Waals surface area contributed by atoms with Crippen molar-refractivity contribution in [3.8, 4) is 0 Å². The third-order valence-corrected chi connectivity index (χ3v) is 3.50. The SMILES string of the molecule is Cc1cc(Br)ccc1NC(=O)CCNC1=NCCCN1.I. The number of hydrogen-bond donors (Lipinski definition) is 3. The Labute approximate surface area is 150 Å². The minimum Gasteiger partial charge on any atom is -0.356 e. The second-order valence-corrected chi connectivity index (χ2v) is 5.61. The Morgan fingerprint density at radius 2 is 2.29 bits per heavy atom. The van der Waals surface area contributed by atoms with Crippen molar-refractivity contribution >= 4 is 57.5 Å². The van der Waals surface area contributed by atoms with Crippen molar-refractivity contribution < 1.29 is 4.79 Å². The molecule has 0 aliphatic carbocycles. The summed E-state index contributed by atoms with van der Waals surface area (Å²) in [4.78, 5) is 16.2. The number of hydrogen-bond acceptors (Lipinski definition) is 4. The van der Waals surface area contributed by atoms with Gasteiger partial charge in [-0.05, 0) is 37.1 Å². The van der Waals surface area contributed by atoms with Gasteiger partial charge in [0.25, 0.3) is 0 Å². The van der Waals surface area contributed by atoms with Crippen molar-refractivity contribution in [1.82, 2.24) is 10.6 Å². The molecule has 7 heteroatoms. The molecule has 1 aromatic carbocycles. The number of aliphatic imine (C=N–C) groups is 1. The van der Waals surface area contributed by atoms with Crippen LogP contribution in [0.2, 0.25) is 0 Å². The number of halogens is 2. The fourth-order valence-electron chi connectivity index (χ4n) is 1.93. The predicted molar refractivity (Wildman–Crippen MR) is 100 cm³/mol. The average molecular weight is 467 g/mol. The fraction of sp³-hybridized carbons (Fsp3) is 0.429. The number of aryl methyl sites for hydroxylation is 1. The molecule has 0 unspecified atom stereocenters. The Hall–Kier alpha value is -0.830. The van der Waals surface area contributed by atoms with Crippen molar-refractivity contribution in [1.29, 1.82) is 0 Å². The summed E-state index contributed by atoms with van der Waals surface area (Å²) in [7, 11) is 0. The van der Waals surface area contributed by atoms with Crippen molar-refractivity contribution in [2.24, 2.45) is 4.99 Å². The van der Waals surface area contributed by atoms with Crippen molar-refractivity contribution in [2.45, 2.75) is 19.8 Å². The Bertz CT molecular complexity index is 522. The summed E-state index contributed by atoms with van der Waals surface area (Å²) >= 11 is 3.41. The molecule has 2 rings (SSSR count). The van der Waals surface area contributed by atoms with Crippen LogP contribution in [-0.2, 0) is 4.79 Å². The Balaban J connectivity index is 0.00000220. The number of nitrogens with zero attached hydrogens (tertiary/aromatic N) is 1. The molecule has 1 aliphatic rings. The number of carbonyl (C=O) groups excluding carboxylic acids is 1. The standard InChI is InChI=1S/C14H19BrN4O.HI/c1-10-9-11(15)3-4-12(10)19-13(20)5-8-18-14-16-6-2-7-17-14;/h3-4,9H,2,5-8H2,1H3,(H,19,20)(H2,16,17,18);1H. The summed E-state index contributed by atoms with van der Waals surface area (Å²) in [5.41, 5.74) is 1.89. The monoisotopic (exact) mass is 466 g/mol. The van der Waals surface area contributed by atoms with Crippen LogP contribution in [0.3, 0.4) is 0 Å². The first-order valence-corrected chi connectivity index (χ1v) is 7.52. The predicted octanol–water partition coefficient (Wildman–Crippen LogP) is 2.64. The summed E-state index contributed by atoms with van der Waals surface area (Å²) in [5, 5.41) is 9.21. The van der Waals surface area contributed by atoms with Crippen LogP contribution in [0, 0.1) is 6.92 Å². The minimum absolute atomic E-state index is 0. The molecule has 1 aliphatic heterocycles. The fourth-order valence-corrected chi connectivity index (χ4v) is 2.40. The van der Waals surface area contributed by atoms with Gasteiger partial charge in [-0.1, -0.05) is 15.9 Å². The van der Waals surface area contributed by atoms with Gasteiger partial charge in [-0.2, -0.15) is 0 Å². The van der Waals surface area contributed by atoms with Gasteiger partial charge < -0.3 is 16.0 Å². The van der Waals surface area contributed by atoms with Gasteiger partial charge in [-0.3, -0.25) is 9.79 Å². The summed E-state index contributed by atoms with van der Waals surface area (Å²) < 4.78 is 1.01. The van der Waals surface area contributed by atoms with Crippen LogP contribution in [0.15, 0.2) is 27.7 Å². The summed E-state index contributed by atoms with van der Waals surface area (Å²) in [6.07, 6.45) is 1.48. The van der Waals surface area contributed by atoms with Gasteiger partial charge in [-0.15, -0.1) is 24.0 Å². The Morgan fingerprint density at radius 1 is 1.48 bits per heavy atom. The number of anilines is 1. The van der Waals surface area contributed by atoms with Gasteiger partial charge in [0.1, 0.15) is 0 Å². The average Bonchev–Trinajstić information content (AvgIpc) is 2.43. The van der Waals surface area contributed by atoms with Crippen LogP contribution in [0.5, 0.6) is 0 Å². The number of nitrogens with one attached hydrogen (secondary N) is 3. The van der Waals surface area contributed by atoms with Gasteiger partial charge in [0.05, 0.1) is 0 Å². The topological polar surface area (TPSA) is 65.5 Å². The molecule has 1 amide bonds. The first-order chi connectivity index (χ1) is 9.65. The molecule has 0 radical (unpaired) electrons. The zero-order valence-corrected chi connectivity index (χ0v) is 15.8. The van der Waals surface area contributed by atoms with Crippen LogP contribution in [0.4, 0.5) is 5.69 Å². The molecule has 1 heterocycles. The van der Waals surface area contributed by atoms with E-state index in [-0.39, 0.29) is 29.9 Å². The van der Waals surface area contributed by atoms with Gasteiger partial charge in [0.15, 0.2) is 5.96 Å². The molecule has 5 nitrogen and oxygen atoms in total. The Kier molecular flexibility index (Phi) is 8.02. The van der Waals surface area contributed by atoms with E-state index in [4.69, 9.17) is 0 Å². The summed E-state index contributed by atoms with van der Waals surface area (Å²) in [6.45, 7) is 4.34. The molecule has 0 saturated heterocycles. The number of guanidine groups is 1. The molecule has 21 heavy (non-hydrogen) atoms. The molecule has 1 aromatic rings. The van der Waals surface area contributed by atoms with E-state index < -0.39 is 0 Å². The first kappa shape index (κ1) is 18.2. The van der Waals surface area contributed by atoms with E-state index in [9.17, 15) is 4.79 Å². The van der Waals surface area contributed by atoms with Crippen molar-refractivity contribution in [2.75, 3.05) is 25.0 Å². The normalized spacial score (nSPS) is 13.5. The zero-order valence-electron chi connectivity index (χ0n) is 11.9. The molecular weight excluding hydrogens is 447 g/mol. The highest BCUT2D eigenvalue weighted by Gasteiger charge is 2.07. The zero-order chi connectivity index (χ0) is 14.4. The number of carbonyl (C=O) groups is 1. The molecule has 0 aromatic heterocycles. The molecule has 0 saturated carbocycles. The summed E-state index contributed by atoms with van der Waals surface area (Å²) in [5.74, 6) is 0.795. The minimum atomic E-state index is -0.000619. The van der Waals surface area contributed by atoms with Gasteiger partial charge in [0.2, 0.25) is 5.91 Å². The van der Waals surface area contributed by atoms with Crippen molar-refractivity contribution in [3.63, 3.8) is 0 Å². The number of rotatable bonds is 4. The second-order valence-electron chi connectivity index (χ2n) is 4.69. The van der Waals surface area contributed by atoms with Crippen LogP contribution in [0.1, 0.15) is 18.4 Å². The molecule has 0 bridgehead atoms. The lowest BCUT2D eigenvalue weighted by molar-refractivity contribution is -0.116. The summed E-state index contributed by atoms with van der Waals surface area (Å²) in [6, 6.07) is 5.80. The van der Waals surface area contributed by atoms with Gasteiger partial charge in [0, 0.05) is 36.2 Å².